The number of carbonyl (C=O) groups excluding carboxylic acids is 1. The first kappa shape index (κ1) is 14.8. The average molecular weight is 288 g/mol. The molecule has 0 unspecified atom stereocenters. The molecule has 0 aliphatic rings. The molecular weight excluding hydrogens is 268 g/mol. The Morgan fingerprint density at radius 3 is 2.50 bits per heavy atom. The molecule has 0 saturated carbocycles. The quantitative estimate of drug-likeness (QED) is 0.914. The molecule has 1 aromatic heterocycles. The molecule has 0 aliphatic heterocycles. The van der Waals surface area contributed by atoms with Crippen molar-refractivity contribution in [2.75, 3.05) is 18.9 Å². The number of hydrogen-bond acceptors (Lipinski definition) is 3. The molecule has 2 aromatic rings. The summed E-state index contributed by atoms with van der Waals surface area (Å²) in [6.45, 7) is 5.34. The van der Waals surface area contributed by atoms with E-state index in [2.05, 4.69) is 23.7 Å². The van der Waals surface area contributed by atoms with Gasteiger partial charge in [-0.3, -0.25) is 9.69 Å². The maximum absolute atomic E-state index is 12.0. The van der Waals surface area contributed by atoms with Crippen LogP contribution in [0.4, 0.5) is 5.69 Å². The van der Waals surface area contributed by atoms with Crippen molar-refractivity contribution in [3.05, 3.63) is 51.7 Å². The largest absolute Gasteiger partial charge is 0.325 e. The van der Waals surface area contributed by atoms with E-state index >= 15 is 0 Å². The van der Waals surface area contributed by atoms with Crippen LogP contribution in [0.15, 0.2) is 35.7 Å². The smallest absolute Gasteiger partial charge is 0.238 e. The van der Waals surface area contributed by atoms with E-state index in [4.69, 9.17) is 0 Å². The summed E-state index contributed by atoms with van der Waals surface area (Å²) in [6, 6.07) is 9.95. The Hall–Kier alpha value is -1.65. The van der Waals surface area contributed by atoms with Crippen LogP contribution in [0.25, 0.3) is 0 Å². The number of amides is 1. The Balaban J connectivity index is 1.85. The van der Waals surface area contributed by atoms with E-state index < -0.39 is 0 Å². The Morgan fingerprint density at radius 1 is 1.20 bits per heavy atom. The number of thiophene rings is 1. The van der Waals surface area contributed by atoms with Gasteiger partial charge in [0.15, 0.2) is 0 Å². The van der Waals surface area contributed by atoms with Crippen LogP contribution in [0.1, 0.15) is 16.0 Å². The highest BCUT2D eigenvalue weighted by molar-refractivity contribution is 7.10. The van der Waals surface area contributed by atoms with Crippen molar-refractivity contribution in [1.29, 1.82) is 0 Å². The molecule has 2 rings (SSSR count). The van der Waals surface area contributed by atoms with Gasteiger partial charge in [0.05, 0.1) is 6.54 Å². The lowest BCUT2D eigenvalue weighted by Gasteiger charge is -2.16. The summed E-state index contributed by atoms with van der Waals surface area (Å²) >= 11 is 1.74. The molecule has 0 saturated heterocycles. The maximum Gasteiger partial charge on any atom is 0.238 e. The Labute approximate surface area is 124 Å². The van der Waals surface area contributed by atoms with Crippen molar-refractivity contribution in [3.63, 3.8) is 0 Å². The van der Waals surface area contributed by atoms with Crippen LogP contribution in [-0.4, -0.2) is 24.4 Å². The van der Waals surface area contributed by atoms with Gasteiger partial charge in [0.2, 0.25) is 5.91 Å². The fourth-order valence-corrected chi connectivity index (χ4v) is 2.93. The standard InChI is InChI=1S/C16H20N2OS/c1-12-4-6-14(7-5-12)17-16(19)11-18(3)10-15-13(2)8-9-20-15/h4-9H,10-11H2,1-3H3,(H,17,19). The molecule has 1 amide bonds. The minimum atomic E-state index is 0.0190. The van der Waals surface area contributed by atoms with E-state index in [0.29, 0.717) is 6.54 Å². The van der Waals surface area contributed by atoms with Crippen molar-refractivity contribution in [3.8, 4) is 0 Å². The van der Waals surface area contributed by atoms with E-state index in [1.165, 1.54) is 16.0 Å². The lowest BCUT2D eigenvalue weighted by molar-refractivity contribution is -0.117. The molecule has 20 heavy (non-hydrogen) atoms. The summed E-state index contributed by atoms with van der Waals surface area (Å²) in [5.74, 6) is 0.0190. The second kappa shape index (κ2) is 6.68. The minimum Gasteiger partial charge on any atom is -0.325 e. The molecule has 1 aromatic carbocycles. The van der Waals surface area contributed by atoms with Gasteiger partial charge in [-0.25, -0.2) is 0 Å². The van der Waals surface area contributed by atoms with Crippen LogP contribution in [0.2, 0.25) is 0 Å². The van der Waals surface area contributed by atoms with E-state index in [0.717, 1.165) is 12.2 Å². The topological polar surface area (TPSA) is 32.3 Å². The molecular formula is C16H20N2OS. The van der Waals surface area contributed by atoms with Crippen molar-refractivity contribution in [2.45, 2.75) is 20.4 Å². The number of carbonyl (C=O) groups is 1. The third kappa shape index (κ3) is 4.18. The molecule has 3 nitrogen and oxygen atoms in total. The molecule has 106 valence electrons. The third-order valence-corrected chi connectivity index (χ3v) is 4.14. The summed E-state index contributed by atoms with van der Waals surface area (Å²) in [6.07, 6.45) is 0. The van der Waals surface area contributed by atoms with Crippen molar-refractivity contribution >= 4 is 22.9 Å². The Bertz CT molecular complexity index is 574. The first-order chi connectivity index (χ1) is 9.54. The van der Waals surface area contributed by atoms with Gasteiger partial charge in [0.1, 0.15) is 0 Å². The summed E-state index contributed by atoms with van der Waals surface area (Å²) in [5.41, 5.74) is 3.33. The summed E-state index contributed by atoms with van der Waals surface area (Å²) in [5, 5.41) is 5.01. The number of hydrogen-bond donors (Lipinski definition) is 1. The molecule has 4 heteroatoms. The van der Waals surface area contributed by atoms with Crippen LogP contribution >= 0.6 is 11.3 Å². The lowest BCUT2D eigenvalue weighted by Crippen LogP contribution is -2.29. The predicted octanol–water partition coefficient (Wildman–Crippen LogP) is 3.44. The van der Waals surface area contributed by atoms with Gasteiger partial charge in [-0.1, -0.05) is 17.7 Å². The van der Waals surface area contributed by atoms with Crippen molar-refractivity contribution in [2.24, 2.45) is 0 Å². The minimum absolute atomic E-state index is 0.0190. The molecule has 0 aliphatic carbocycles. The zero-order valence-corrected chi connectivity index (χ0v) is 13.0. The molecule has 0 bridgehead atoms. The number of nitrogens with zero attached hydrogens (tertiary/aromatic N) is 1. The lowest BCUT2D eigenvalue weighted by atomic mass is 10.2. The maximum atomic E-state index is 12.0. The molecule has 0 fully saturated rings. The highest BCUT2D eigenvalue weighted by Gasteiger charge is 2.09. The monoisotopic (exact) mass is 288 g/mol. The normalized spacial score (nSPS) is 10.8. The first-order valence-electron chi connectivity index (χ1n) is 6.62. The van der Waals surface area contributed by atoms with Gasteiger partial charge < -0.3 is 5.32 Å². The number of benzene rings is 1. The van der Waals surface area contributed by atoms with E-state index in [1.807, 2.05) is 43.1 Å². The average Bonchev–Trinajstić information content (AvgIpc) is 2.77. The Morgan fingerprint density at radius 2 is 1.90 bits per heavy atom. The molecule has 0 atom stereocenters. The van der Waals surface area contributed by atoms with Crippen molar-refractivity contribution < 1.29 is 4.79 Å². The SMILES string of the molecule is Cc1ccc(NC(=O)CN(C)Cc2sccc2C)cc1. The number of likely N-dealkylation sites (N-methyl/N-ethyl adjacent to an activating group) is 1. The second-order valence-electron chi connectivity index (χ2n) is 5.11. The first-order valence-corrected chi connectivity index (χ1v) is 7.50. The van der Waals surface area contributed by atoms with Crippen LogP contribution in [0, 0.1) is 13.8 Å². The van der Waals surface area contributed by atoms with E-state index in [-0.39, 0.29) is 5.91 Å². The van der Waals surface area contributed by atoms with E-state index in [1.54, 1.807) is 11.3 Å². The van der Waals surface area contributed by atoms with Gasteiger partial charge in [0, 0.05) is 17.1 Å². The van der Waals surface area contributed by atoms with Crippen molar-refractivity contribution in [1.82, 2.24) is 4.90 Å². The summed E-state index contributed by atoms with van der Waals surface area (Å²) in [4.78, 5) is 15.3. The zero-order chi connectivity index (χ0) is 14.5. The molecule has 0 spiro atoms. The van der Waals surface area contributed by atoms with Gasteiger partial charge in [-0.15, -0.1) is 11.3 Å². The fourth-order valence-electron chi connectivity index (χ4n) is 1.95. The predicted molar refractivity (Wildman–Crippen MR) is 85.2 cm³/mol. The number of rotatable bonds is 5. The van der Waals surface area contributed by atoms with Gasteiger partial charge in [-0.2, -0.15) is 0 Å². The van der Waals surface area contributed by atoms with Gasteiger partial charge in [-0.05, 0) is 50.0 Å². The highest BCUT2D eigenvalue weighted by Crippen LogP contribution is 2.17. The Kier molecular flexibility index (Phi) is 4.93. The third-order valence-electron chi connectivity index (χ3n) is 3.13. The number of nitrogens with one attached hydrogen (secondary N) is 1. The number of aryl methyl sites for hydroxylation is 2. The van der Waals surface area contributed by atoms with Gasteiger partial charge >= 0.3 is 0 Å². The zero-order valence-electron chi connectivity index (χ0n) is 12.1. The second-order valence-corrected chi connectivity index (χ2v) is 6.11. The van der Waals surface area contributed by atoms with Crippen LogP contribution in [0.3, 0.4) is 0 Å². The number of anilines is 1. The highest BCUT2D eigenvalue weighted by atomic mass is 32.1. The van der Waals surface area contributed by atoms with E-state index in [9.17, 15) is 4.79 Å². The molecule has 1 heterocycles. The van der Waals surface area contributed by atoms with Crippen LogP contribution < -0.4 is 5.32 Å². The molecule has 1 N–H and O–H groups in total. The fraction of sp³-hybridized carbons (Fsp3) is 0.312. The molecule has 0 radical (unpaired) electrons. The van der Waals surface area contributed by atoms with Gasteiger partial charge in [0.25, 0.3) is 0 Å². The van der Waals surface area contributed by atoms with Crippen LogP contribution in [0.5, 0.6) is 0 Å². The summed E-state index contributed by atoms with van der Waals surface area (Å²) < 4.78 is 0. The summed E-state index contributed by atoms with van der Waals surface area (Å²) in [7, 11) is 1.97. The van der Waals surface area contributed by atoms with Crippen LogP contribution in [-0.2, 0) is 11.3 Å².